The molecule has 1 aliphatic heterocycles. The summed E-state index contributed by atoms with van der Waals surface area (Å²) in [7, 11) is 1.32. The lowest BCUT2D eigenvalue weighted by Crippen LogP contribution is -2.46. The monoisotopic (exact) mass is 424 g/mol. The van der Waals surface area contributed by atoms with E-state index < -0.39 is 12.1 Å². The van der Waals surface area contributed by atoms with E-state index in [0.717, 1.165) is 12.0 Å². The van der Waals surface area contributed by atoms with Gasteiger partial charge in [0, 0.05) is 18.0 Å². The lowest BCUT2D eigenvalue weighted by molar-refractivity contribution is -0.161. The van der Waals surface area contributed by atoms with Crippen molar-refractivity contribution in [3.63, 3.8) is 0 Å². The van der Waals surface area contributed by atoms with Crippen molar-refractivity contribution >= 4 is 34.9 Å². The van der Waals surface area contributed by atoms with Crippen LogP contribution in [0.4, 0.5) is 0 Å². The summed E-state index contributed by atoms with van der Waals surface area (Å²) in [5.41, 5.74) is 1.79. The molecule has 1 saturated heterocycles. The second-order valence-electron chi connectivity index (χ2n) is 6.50. The highest BCUT2D eigenvalue weighted by Crippen LogP contribution is 2.27. The van der Waals surface area contributed by atoms with E-state index in [1.54, 1.807) is 0 Å². The summed E-state index contributed by atoms with van der Waals surface area (Å²) in [6.07, 6.45) is 0.358. The molecular formula is C19H21ClN2O5S. The Labute approximate surface area is 172 Å². The van der Waals surface area contributed by atoms with Crippen molar-refractivity contribution in [2.24, 2.45) is 0 Å². The number of ether oxygens (including phenoxy) is 3. The van der Waals surface area contributed by atoms with E-state index in [0.29, 0.717) is 22.5 Å². The summed E-state index contributed by atoms with van der Waals surface area (Å²) >= 11 is 7.22. The number of cyclic esters (lactones) is 1. The maximum absolute atomic E-state index is 12.0. The van der Waals surface area contributed by atoms with Gasteiger partial charge in [-0.25, -0.2) is 9.78 Å². The van der Waals surface area contributed by atoms with Crippen LogP contribution in [-0.4, -0.2) is 54.7 Å². The predicted octanol–water partition coefficient (Wildman–Crippen LogP) is 2.88. The lowest BCUT2D eigenvalue weighted by Gasteiger charge is -2.35. The van der Waals surface area contributed by atoms with Gasteiger partial charge in [0.15, 0.2) is 17.2 Å². The molecule has 0 N–H and O–H groups in total. The summed E-state index contributed by atoms with van der Waals surface area (Å²) in [6.45, 7) is 2.78. The van der Waals surface area contributed by atoms with E-state index in [-0.39, 0.29) is 25.2 Å². The molecule has 2 heterocycles. The van der Waals surface area contributed by atoms with Crippen LogP contribution < -0.4 is 4.74 Å². The first-order valence-electron chi connectivity index (χ1n) is 8.77. The summed E-state index contributed by atoms with van der Waals surface area (Å²) in [5, 5.41) is 1.82. The molecule has 1 aromatic carbocycles. The number of hydrogen-bond donors (Lipinski definition) is 0. The van der Waals surface area contributed by atoms with Gasteiger partial charge in [0.2, 0.25) is 0 Å². The highest BCUT2D eigenvalue weighted by Gasteiger charge is 2.31. The fourth-order valence-electron chi connectivity index (χ4n) is 2.97. The first kappa shape index (κ1) is 20.6. The van der Waals surface area contributed by atoms with E-state index in [2.05, 4.69) is 21.5 Å². The minimum atomic E-state index is -0.425. The third-order valence-electron chi connectivity index (χ3n) is 4.49. The number of halogens is 1. The second kappa shape index (κ2) is 9.36. The zero-order valence-electron chi connectivity index (χ0n) is 15.6. The Morgan fingerprint density at radius 2 is 2.18 bits per heavy atom. The Morgan fingerprint density at radius 3 is 2.82 bits per heavy atom. The highest BCUT2D eigenvalue weighted by molar-refractivity contribution is 7.13. The summed E-state index contributed by atoms with van der Waals surface area (Å²) in [5.74, 6) is -0.0896. The standard InChI is InChI=1S/C19H21ClN2O5S/c1-12(7-13-3-5-14(6-4-13)26-10-18(24)25-2)22-8-16(27-17(23)9-22)15-11-28-19(20)21-15/h3-6,11-12,16H,7-10H2,1-2H3. The average Bonchev–Trinajstić information content (AvgIpc) is 3.13. The van der Waals surface area contributed by atoms with Crippen molar-refractivity contribution in [1.82, 2.24) is 9.88 Å². The van der Waals surface area contributed by atoms with E-state index in [1.807, 2.05) is 29.6 Å². The van der Waals surface area contributed by atoms with Crippen molar-refractivity contribution < 1.29 is 23.8 Å². The van der Waals surface area contributed by atoms with Crippen LogP contribution in [0.15, 0.2) is 29.6 Å². The van der Waals surface area contributed by atoms with Gasteiger partial charge in [0.25, 0.3) is 0 Å². The smallest absolute Gasteiger partial charge is 0.343 e. The maximum atomic E-state index is 12.0. The second-order valence-corrected chi connectivity index (χ2v) is 7.94. The topological polar surface area (TPSA) is 78.0 Å². The Bertz CT molecular complexity index is 826. The van der Waals surface area contributed by atoms with Crippen LogP contribution in [-0.2, 0) is 25.5 Å². The maximum Gasteiger partial charge on any atom is 0.343 e. The predicted molar refractivity (Wildman–Crippen MR) is 105 cm³/mol. The zero-order valence-corrected chi connectivity index (χ0v) is 17.2. The number of aromatic nitrogens is 1. The van der Waals surface area contributed by atoms with E-state index in [9.17, 15) is 9.59 Å². The normalized spacial score (nSPS) is 18.4. The first-order chi connectivity index (χ1) is 13.4. The van der Waals surface area contributed by atoms with E-state index in [1.165, 1.54) is 18.4 Å². The molecule has 28 heavy (non-hydrogen) atoms. The van der Waals surface area contributed by atoms with Gasteiger partial charge < -0.3 is 14.2 Å². The fourth-order valence-corrected chi connectivity index (χ4v) is 3.78. The molecule has 0 radical (unpaired) electrons. The van der Waals surface area contributed by atoms with Crippen molar-refractivity contribution in [2.75, 3.05) is 26.8 Å². The minimum absolute atomic E-state index is 0.121. The molecule has 7 nitrogen and oxygen atoms in total. The van der Waals surface area contributed by atoms with Gasteiger partial charge in [-0.2, -0.15) is 0 Å². The molecule has 150 valence electrons. The number of methoxy groups -OCH3 is 1. The lowest BCUT2D eigenvalue weighted by atomic mass is 10.0. The molecule has 1 fully saturated rings. The molecule has 0 amide bonds. The van der Waals surface area contributed by atoms with Gasteiger partial charge >= 0.3 is 11.9 Å². The van der Waals surface area contributed by atoms with Crippen molar-refractivity contribution in [3.8, 4) is 5.75 Å². The van der Waals surface area contributed by atoms with Crippen molar-refractivity contribution in [2.45, 2.75) is 25.5 Å². The van der Waals surface area contributed by atoms with Gasteiger partial charge in [-0.1, -0.05) is 23.7 Å². The van der Waals surface area contributed by atoms with Gasteiger partial charge in [-0.3, -0.25) is 9.69 Å². The third-order valence-corrected chi connectivity index (χ3v) is 5.49. The summed E-state index contributed by atoms with van der Waals surface area (Å²) in [6, 6.07) is 7.66. The molecule has 1 aromatic heterocycles. The number of hydrogen-bond acceptors (Lipinski definition) is 8. The Balaban J connectivity index is 1.58. The van der Waals surface area contributed by atoms with Gasteiger partial charge in [0.05, 0.1) is 19.3 Å². The number of morpholine rings is 1. The number of esters is 2. The Hall–Kier alpha value is -2.16. The summed E-state index contributed by atoms with van der Waals surface area (Å²) in [4.78, 5) is 29.5. The molecule has 0 bridgehead atoms. The van der Waals surface area contributed by atoms with Crippen LogP contribution >= 0.6 is 22.9 Å². The number of nitrogens with zero attached hydrogens (tertiary/aromatic N) is 2. The number of rotatable bonds is 7. The minimum Gasteiger partial charge on any atom is -0.482 e. The quantitative estimate of drug-likeness (QED) is 0.632. The van der Waals surface area contributed by atoms with Crippen LogP contribution in [0.5, 0.6) is 5.75 Å². The van der Waals surface area contributed by atoms with Gasteiger partial charge in [-0.15, -0.1) is 11.3 Å². The van der Waals surface area contributed by atoms with Gasteiger partial charge in [-0.05, 0) is 31.0 Å². The van der Waals surface area contributed by atoms with Crippen LogP contribution in [0.25, 0.3) is 0 Å². The molecule has 0 aliphatic carbocycles. The largest absolute Gasteiger partial charge is 0.482 e. The molecule has 0 spiro atoms. The number of carbonyl (C=O) groups excluding carboxylic acids is 2. The molecule has 3 rings (SSSR count). The third kappa shape index (κ3) is 5.43. The number of benzene rings is 1. The SMILES string of the molecule is COC(=O)COc1ccc(CC(C)N2CC(=O)OC(c3csc(Cl)n3)C2)cc1. The Kier molecular flexibility index (Phi) is 6.88. The van der Waals surface area contributed by atoms with Crippen molar-refractivity contribution in [1.29, 1.82) is 0 Å². The molecule has 1 aliphatic rings. The molecule has 2 unspecified atom stereocenters. The van der Waals surface area contributed by atoms with Crippen molar-refractivity contribution in [3.05, 3.63) is 45.4 Å². The van der Waals surface area contributed by atoms with Gasteiger partial charge in [0.1, 0.15) is 5.75 Å². The van der Waals surface area contributed by atoms with Crippen LogP contribution in [0.2, 0.25) is 4.47 Å². The number of carbonyl (C=O) groups is 2. The zero-order chi connectivity index (χ0) is 20.1. The van der Waals surface area contributed by atoms with Crippen LogP contribution in [0.1, 0.15) is 24.3 Å². The molecular weight excluding hydrogens is 404 g/mol. The fraction of sp³-hybridized carbons (Fsp3) is 0.421. The van der Waals surface area contributed by atoms with Crippen LogP contribution in [0.3, 0.4) is 0 Å². The van der Waals surface area contributed by atoms with Crippen LogP contribution in [0, 0.1) is 0 Å². The average molecular weight is 425 g/mol. The molecule has 2 atom stereocenters. The summed E-state index contributed by atoms with van der Waals surface area (Å²) < 4.78 is 15.8. The van der Waals surface area contributed by atoms with E-state index >= 15 is 0 Å². The highest BCUT2D eigenvalue weighted by atomic mass is 35.5. The number of thiazole rings is 1. The molecule has 9 heteroatoms. The molecule has 0 saturated carbocycles. The molecule has 2 aromatic rings. The van der Waals surface area contributed by atoms with E-state index in [4.69, 9.17) is 21.1 Å². The Morgan fingerprint density at radius 1 is 1.43 bits per heavy atom. The first-order valence-corrected chi connectivity index (χ1v) is 10.0.